The molecule has 0 saturated heterocycles. The van der Waals surface area contributed by atoms with E-state index in [0.717, 1.165) is 27.8 Å². The van der Waals surface area contributed by atoms with Crippen LogP contribution in [0.4, 0.5) is 0 Å². The zero-order chi connectivity index (χ0) is 14.1. The van der Waals surface area contributed by atoms with Gasteiger partial charge in [-0.2, -0.15) is 5.10 Å². The molecule has 0 amide bonds. The number of phenols is 2. The number of nitrogens with one attached hydrogen (secondary N) is 1. The highest BCUT2D eigenvalue weighted by molar-refractivity contribution is 7.27. The molecule has 0 aliphatic heterocycles. The van der Waals surface area contributed by atoms with Gasteiger partial charge in [0.05, 0.1) is 11.4 Å². The number of rotatable bonds is 2. The van der Waals surface area contributed by atoms with Crippen LogP contribution >= 0.6 is 9.24 Å². The molecule has 0 saturated carbocycles. The molecule has 2 aromatic carbocycles. The fourth-order valence-corrected chi connectivity index (χ4v) is 2.30. The normalized spacial score (nSPS) is 10.7. The predicted octanol–water partition coefficient (Wildman–Crippen LogP) is 2.66. The van der Waals surface area contributed by atoms with E-state index in [2.05, 4.69) is 19.4 Å². The van der Waals surface area contributed by atoms with Crippen molar-refractivity contribution >= 4 is 14.5 Å². The van der Waals surface area contributed by atoms with Crippen LogP contribution in [0.5, 0.6) is 11.5 Å². The molecular weight excluding hydrogens is 271 g/mol. The highest BCUT2D eigenvalue weighted by Crippen LogP contribution is 2.31. The van der Waals surface area contributed by atoms with E-state index in [1.807, 2.05) is 30.3 Å². The van der Waals surface area contributed by atoms with Crippen LogP contribution in [0.15, 0.2) is 48.5 Å². The van der Waals surface area contributed by atoms with Crippen LogP contribution in [-0.2, 0) is 0 Å². The highest BCUT2D eigenvalue weighted by Gasteiger charge is 2.08. The summed E-state index contributed by atoms with van der Waals surface area (Å²) in [6, 6.07) is 14.6. The van der Waals surface area contributed by atoms with Crippen molar-refractivity contribution in [3.8, 4) is 34.0 Å². The first-order chi connectivity index (χ1) is 9.63. The van der Waals surface area contributed by atoms with Crippen molar-refractivity contribution in [2.45, 2.75) is 0 Å². The molecule has 0 spiro atoms. The van der Waals surface area contributed by atoms with E-state index < -0.39 is 0 Å². The van der Waals surface area contributed by atoms with Gasteiger partial charge in [0.2, 0.25) is 0 Å². The van der Waals surface area contributed by atoms with Crippen molar-refractivity contribution in [1.29, 1.82) is 0 Å². The maximum Gasteiger partial charge on any atom is 0.158 e. The SMILES string of the molecule is Oc1ccc(-c2cc(-c3cccc(P)c3)n[nH]2)cc1O. The third-order valence-electron chi connectivity index (χ3n) is 3.05. The largest absolute Gasteiger partial charge is 0.504 e. The molecule has 1 unspecified atom stereocenters. The molecule has 0 aliphatic rings. The van der Waals surface area contributed by atoms with E-state index in [1.165, 1.54) is 12.1 Å². The Bertz CT molecular complexity index is 768. The molecule has 20 heavy (non-hydrogen) atoms. The van der Waals surface area contributed by atoms with Crippen molar-refractivity contribution in [2.24, 2.45) is 0 Å². The van der Waals surface area contributed by atoms with Crippen molar-refractivity contribution in [1.82, 2.24) is 10.2 Å². The summed E-state index contributed by atoms with van der Waals surface area (Å²) in [5, 5.41) is 27.2. The molecule has 100 valence electrons. The van der Waals surface area contributed by atoms with E-state index in [0.29, 0.717) is 0 Å². The number of aromatic amines is 1. The second-order valence-corrected chi connectivity index (χ2v) is 5.16. The maximum atomic E-state index is 9.53. The van der Waals surface area contributed by atoms with Crippen molar-refractivity contribution in [3.63, 3.8) is 0 Å². The minimum absolute atomic E-state index is 0.135. The lowest BCUT2D eigenvalue weighted by Crippen LogP contribution is -1.89. The lowest BCUT2D eigenvalue weighted by atomic mass is 10.1. The Labute approximate surface area is 118 Å². The van der Waals surface area contributed by atoms with Crippen LogP contribution in [0.3, 0.4) is 0 Å². The second-order valence-electron chi connectivity index (χ2n) is 4.50. The lowest BCUT2D eigenvalue weighted by molar-refractivity contribution is 0.404. The summed E-state index contributed by atoms with van der Waals surface area (Å²) in [7, 11) is 2.66. The van der Waals surface area contributed by atoms with E-state index in [4.69, 9.17) is 0 Å². The number of aromatic nitrogens is 2. The number of hydrogen-bond acceptors (Lipinski definition) is 3. The second kappa shape index (κ2) is 4.99. The Morgan fingerprint density at radius 3 is 2.50 bits per heavy atom. The van der Waals surface area contributed by atoms with Gasteiger partial charge < -0.3 is 10.2 Å². The molecule has 3 rings (SSSR count). The summed E-state index contributed by atoms with van der Waals surface area (Å²) in [6.07, 6.45) is 0. The molecule has 0 aliphatic carbocycles. The first-order valence-electron chi connectivity index (χ1n) is 6.07. The zero-order valence-electron chi connectivity index (χ0n) is 10.5. The van der Waals surface area contributed by atoms with Crippen LogP contribution in [-0.4, -0.2) is 20.4 Å². The summed E-state index contributed by atoms with van der Waals surface area (Å²) in [6.45, 7) is 0. The monoisotopic (exact) mass is 284 g/mol. The first-order valence-corrected chi connectivity index (χ1v) is 6.65. The standard InChI is InChI=1S/C15H13N2O2P/c18-14-5-4-10(7-15(14)19)13-8-12(16-17-13)9-2-1-3-11(20)6-9/h1-8,18-19H,20H2,(H,16,17). The molecule has 1 heterocycles. The van der Waals surface area contributed by atoms with Gasteiger partial charge in [0.25, 0.3) is 0 Å². The van der Waals surface area contributed by atoms with Crippen LogP contribution in [0, 0.1) is 0 Å². The Balaban J connectivity index is 1.99. The predicted molar refractivity (Wildman–Crippen MR) is 82.1 cm³/mol. The zero-order valence-corrected chi connectivity index (χ0v) is 11.7. The Morgan fingerprint density at radius 1 is 0.900 bits per heavy atom. The third kappa shape index (κ3) is 2.38. The van der Waals surface area contributed by atoms with Crippen LogP contribution in [0.25, 0.3) is 22.5 Å². The van der Waals surface area contributed by atoms with Gasteiger partial charge in [0.1, 0.15) is 0 Å². The summed E-state index contributed by atoms with van der Waals surface area (Å²) in [5.41, 5.74) is 3.39. The quantitative estimate of drug-likeness (QED) is 0.500. The number of nitrogens with zero attached hydrogens (tertiary/aromatic N) is 1. The molecule has 3 aromatic rings. The molecule has 4 nitrogen and oxygen atoms in total. The van der Waals surface area contributed by atoms with Gasteiger partial charge in [-0.1, -0.05) is 18.2 Å². The molecule has 5 heteroatoms. The number of benzene rings is 2. The van der Waals surface area contributed by atoms with Crippen molar-refractivity contribution in [3.05, 3.63) is 48.5 Å². The van der Waals surface area contributed by atoms with E-state index in [-0.39, 0.29) is 11.5 Å². The number of phenolic OH excluding ortho intramolecular Hbond substituents is 2. The molecule has 0 radical (unpaired) electrons. The smallest absolute Gasteiger partial charge is 0.158 e. The molecule has 1 atom stereocenters. The van der Waals surface area contributed by atoms with Crippen LogP contribution in [0.2, 0.25) is 0 Å². The van der Waals surface area contributed by atoms with E-state index in [9.17, 15) is 10.2 Å². The topological polar surface area (TPSA) is 69.1 Å². The van der Waals surface area contributed by atoms with Gasteiger partial charge in [-0.05, 0) is 35.6 Å². The van der Waals surface area contributed by atoms with Gasteiger partial charge in [-0.15, -0.1) is 9.24 Å². The fraction of sp³-hybridized carbons (Fsp3) is 0. The Kier molecular flexibility index (Phi) is 3.17. The minimum Gasteiger partial charge on any atom is -0.504 e. The van der Waals surface area contributed by atoms with Gasteiger partial charge in [0.15, 0.2) is 11.5 Å². The van der Waals surface area contributed by atoms with Crippen LogP contribution in [0.1, 0.15) is 0 Å². The summed E-state index contributed by atoms with van der Waals surface area (Å²) >= 11 is 0. The maximum absolute atomic E-state index is 9.53. The minimum atomic E-state index is -0.148. The fourth-order valence-electron chi connectivity index (χ4n) is 2.01. The average Bonchev–Trinajstić information content (AvgIpc) is 2.92. The summed E-state index contributed by atoms with van der Waals surface area (Å²) in [4.78, 5) is 0. The number of H-pyrrole nitrogens is 1. The number of hydrogen-bond donors (Lipinski definition) is 3. The highest BCUT2D eigenvalue weighted by atomic mass is 31.0. The summed E-state index contributed by atoms with van der Waals surface area (Å²) in [5.74, 6) is -0.283. The average molecular weight is 284 g/mol. The van der Waals surface area contributed by atoms with Gasteiger partial charge >= 0.3 is 0 Å². The van der Waals surface area contributed by atoms with Crippen molar-refractivity contribution in [2.75, 3.05) is 0 Å². The van der Waals surface area contributed by atoms with Crippen molar-refractivity contribution < 1.29 is 10.2 Å². The number of aromatic hydroxyl groups is 2. The van der Waals surface area contributed by atoms with Gasteiger partial charge in [0, 0.05) is 11.1 Å². The summed E-state index contributed by atoms with van der Waals surface area (Å²) < 4.78 is 0. The van der Waals surface area contributed by atoms with Gasteiger partial charge in [-0.25, -0.2) is 0 Å². The van der Waals surface area contributed by atoms with E-state index in [1.54, 1.807) is 6.07 Å². The molecule has 0 fully saturated rings. The molecule has 3 N–H and O–H groups in total. The Hall–Kier alpha value is -2.32. The van der Waals surface area contributed by atoms with E-state index >= 15 is 0 Å². The lowest BCUT2D eigenvalue weighted by Gasteiger charge is -2.00. The third-order valence-corrected chi connectivity index (χ3v) is 3.41. The van der Waals surface area contributed by atoms with Crippen LogP contribution < -0.4 is 5.30 Å². The molecule has 1 aromatic heterocycles. The molecular formula is C15H13N2O2P. The van der Waals surface area contributed by atoms with Gasteiger partial charge in [-0.3, -0.25) is 5.10 Å². The molecule has 0 bridgehead atoms. The first kappa shape index (κ1) is 12.7. The Morgan fingerprint density at radius 2 is 1.75 bits per heavy atom.